The molecule has 0 bridgehead atoms. The van der Waals surface area contributed by atoms with E-state index in [1.54, 1.807) is 6.92 Å². The van der Waals surface area contributed by atoms with Crippen LogP contribution in [0.4, 0.5) is 0 Å². The van der Waals surface area contributed by atoms with Gasteiger partial charge >= 0.3 is 5.97 Å². The molecule has 28 heavy (non-hydrogen) atoms. The van der Waals surface area contributed by atoms with Crippen molar-refractivity contribution in [3.05, 3.63) is 35.4 Å². The van der Waals surface area contributed by atoms with E-state index in [2.05, 4.69) is 28.6 Å². The van der Waals surface area contributed by atoms with Crippen LogP contribution in [0.2, 0.25) is 0 Å². The van der Waals surface area contributed by atoms with Crippen LogP contribution in [0.25, 0.3) is 0 Å². The molecule has 2 rings (SSSR count). The average Bonchev–Trinajstić information content (AvgIpc) is 3.16. The summed E-state index contributed by atoms with van der Waals surface area (Å²) in [6.07, 6.45) is 0.762. The first-order valence-corrected chi connectivity index (χ1v) is 11.1. The Balaban J connectivity index is 2.27. The second-order valence-electron chi connectivity index (χ2n) is 7.22. The summed E-state index contributed by atoms with van der Waals surface area (Å²) in [4.78, 5) is 40.3. The van der Waals surface area contributed by atoms with E-state index in [0.717, 1.165) is 16.5 Å². The molecule has 1 aromatic rings. The Labute approximate surface area is 179 Å². The van der Waals surface area contributed by atoms with Crippen molar-refractivity contribution >= 4 is 46.2 Å². The quantitative estimate of drug-likeness (QED) is 0.263. The van der Waals surface area contributed by atoms with E-state index in [4.69, 9.17) is 10.5 Å². The van der Waals surface area contributed by atoms with Gasteiger partial charge in [-0.15, -0.1) is 0 Å². The highest BCUT2D eigenvalue weighted by Gasteiger charge is 2.57. The maximum absolute atomic E-state index is 13.1. The number of esters is 1. The number of hydrogen-bond donors (Lipinski definition) is 2. The number of halogens is 1. The predicted octanol–water partition coefficient (Wildman–Crippen LogP) is 2.47. The molecule has 6 nitrogen and oxygen atoms in total. The van der Waals surface area contributed by atoms with E-state index in [9.17, 15) is 14.4 Å². The van der Waals surface area contributed by atoms with Gasteiger partial charge in [0.1, 0.15) is 6.61 Å². The molecular weight excluding hydrogens is 444 g/mol. The van der Waals surface area contributed by atoms with Gasteiger partial charge in [0, 0.05) is 23.5 Å². The van der Waals surface area contributed by atoms with Crippen LogP contribution < -0.4 is 5.73 Å². The minimum absolute atomic E-state index is 0.0273. The molecule has 1 heterocycles. The van der Waals surface area contributed by atoms with Gasteiger partial charge in [0.05, 0.1) is 6.04 Å². The summed E-state index contributed by atoms with van der Waals surface area (Å²) < 4.78 is 5.51. The maximum Gasteiger partial charge on any atom is 0.340 e. The number of thiol groups is 1. The fourth-order valence-electron chi connectivity index (χ4n) is 3.40. The highest BCUT2D eigenvalue weighted by Crippen LogP contribution is 2.34. The number of alkyl halides is 1. The average molecular weight is 471 g/mol. The standard InChI is InChI=1S/C20H27BrN2O4S/c1-13(12-28)18(25)23-9-3-8-20(23,17(24)14(2)22)19(26)27-11-16-6-4-15(10-21)5-7-16/h4-7,13-14,28H,3,8-12,22H2,1-2H3/t13?,14-,20-/m0/s1. The van der Waals surface area contributed by atoms with Crippen molar-refractivity contribution in [2.45, 2.75) is 50.2 Å². The zero-order valence-electron chi connectivity index (χ0n) is 16.2. The summed E-state index contributed by atoms with van der Waals surface area (Å²) in [7, 11) is 0. The zero-order chi connectivity index (χ0) is 20.9. The summed E-state index contributed by atoms with van der Waals surface area (Å²) >= 11 is 7.56. The zero-order valence-corrected chi connectivity index (χ0v) is 18.7. The second kappa shape index (κ2) is 9.89. The first kappa shape index (κ1) is 22.9. The number of hydrogen-bond acceptors (Lipinski definition) is 6. The molecule has 154 valence electrons. The van der Waals surface area contributed by atoms with Crippen molar-refractivity contribution < 1.29 is 19.1 Å². The second-order valence-corrected chi connectivity index (χ2v) is 8.14. The van der Waals surface area contributed by atoms with E-state index >= 15 is 0 Å². The van der Waals surface area contributed by atoms with Gasteiger partial charge in [-0.05, 0) is 30.9 Å². The van der Waals surface area contributed by atoms with E-state index in [0.29, 0.717) is 18.7 Å². The fourth-order valence-corrected chi connectivity index (χ4v) is 3.93. The number of benzene rings is 1. The Morgan fingerprint density at radius 1 is 1.25 bits per heavy atom. The number of carbonyl (C=O) groups is 3. The van der Waals surface area contributed by atoms with Crippen LogP contribution in [0.5, 0.6) is 0 Å². The molecule has 1 fully saturated rings. The summed E-state index contributed by atoms with van der Waals surface area (Å²) in [5, 5.41) is 0.736. The van der Waals surface area contributed by atoms with Gasteiger partial charge < -0.3 is 15.4 Å². The highest BCUT2D eigenvalue weighted by atomic mass is 79.9. The first-order valence-electron chi connectivity index (χ1n) is 9.31. The number of carbonyl (C=O) groups excluding carboxylic acids is 3. The molecule has 0 aliphatic carbocycles. The number of rotatable bonds is 8. The number of nitrogens with zero attached hydrogens (tertiary/aromatic N) is 1. The monoisotopic (exact) mass is 470 g/mol. The Morgan fingerprint density at radius 2 is 1.86 bits per heavy atom. The van der Waals surface area contributed by atoms with Gasteiger partial charge in [-0.25, -0.2) is 4.79 Å². The van der Waals surface area contributed by atoms with Crippen LogP contribution in [0.1, 0.15) is 37.8 Å². The smallest absolute Gasteiger partial charge is 0.340 e. The van der Waals surface area contributed by atoms with Crippen molar-refractivity contribution in [3.8, 4) is 0 Å². The lowest BCUT2D eigenvalue weighted by Gasteiger charge is -2.37. The third-order valence-electron chi connectivity index (χ3n) is 5.05. The maximum atomic E-state index is 13.1. The van der Waals surface area contributed by atoms with Crippen molar-refractivity contribution in [1.82, 2.24) is 4.90 Å². The van der Waals surface area contributed by atoms with E-state index in [-0.39, 0.29) is 18.9 Å². The molecular formula is C20H27BrN2O4S. The summed E-state index contributed by atoms with van der Waals surface area (Å²) in [5.41, 5.74) is 6.09. The van der Waals surface area contributed by atoms with Crippen LogP contribution in [-0.2, 0) is 31.1 Å². The molecule has 0 spiro atoms. The molecule has 1 unspecified atom stereocenters. The van der Waals surface area contributed by atoms with E-state index < -0.39 is 29.3 Å². The van der Waals surface area contributed by atoms with Gasteiger partial charge in [0.15, 0.2) is 5.78 Å². The fraction of sp³-hybridized carbons (Fsp3) is 0.550. The van der Waals surface area contributed by atoms with Crippen LogP contribution in [-0.4, -0.2) is 46.4 Å². The van der Waals surface area contributed by atoms with Crippen molar-refractivity contribution in [2.24, 2.45) is 11.7 Å². The molecule has 0 aromatic heterocycles. The molecule has 1 amide bonds. The number of nitrogens with two attached hydrogens (primary N) is 1. The van der Waals surface area contributed by atoms with Gasteiger partial charge in [-0.3, -0.25) is 9.59 Å². The van der Waals surface area contributed by atoms with Crippen LogP contribution in [0.3, 0.4) is 0 Å². The number of ketones is 1. The highest BCUT2D eigenvalue weighted by molar-refractivity contribution is 9.08. The molecule has 1 aromatic carbocycles. The Bertz CT molecular complexity index is 725. The first-order chi connectivity index (χ1) is 13.3. The molecule has 0 radical (unpaired) electrons. The van der Waals surface area contributed by atoms with Crippen LogP contribution in [0.15, 0.2) is 24.3 Å². The van der Waals surface area contributed by atoms with Crippen LogP contribution >= 0.6 is 28.6 Å². The Hall–Kier alpha value is -1.38. The lowest BCUT2D eigenvalue weighted by atomic mass is 9.86. The van der Waals surface area contributed by atoms with Gasteiger partial charge in [0.25, 0.3) is 0 Å². The third kappa shape index (κ3) is 4.60. The van der Waals surface area contributed by atoms with E-state index in [1.165, 1.54) is 11.8 Å². The number of amides is 1. The lowest BCUT2D eigenvalue weighted by molar-refractivity contribution is -0.168. The number of ether oxygens (including phenoxy) is 1. The topological polar surface area (TPSA) is 89.7 Å². The normalized spacial score (nSPS) is 21.2. The molecule has 1 aliphatic rings. The lowest BCUT2D eigenvalue weighted by Crippen LogP contribution is -2.63. The molecule has 1 aliphatic heterocycles. The summed E-state index contributed by atoms with van der Waals surface area (Å²) in [6.45, 7) is 3.61. The van der Waals surface area contributed by atoms with Gasteiger partial charge in [0.2, 0.25) is 11.4 Å². The molecule has 2 N–H and O–H groups in total. The van der Waals surface area contributed by atoms with Crippen molar-refractivity contribution in [3.63, 3.8) is 0 Å². The molecule has 3 atom stereocenters. The minimum atomic E-state index is -1.65. The summed E-state index contributed by atoms with van der Waals surface area (Å²) in [5.74, 6) is -1.56. The molecule has 1 saturated heterocycles. The summed E-state index contributed by atoms with van der Waals surface area (Å²) in [6, 6.07) is 6.71. The Kier molecular flexibility index (Phi) is 8.09. The van der Waals surface area contributed by atoms with Crippen molar-refractivity contribution in [2.75, 3.05) is 12.3 Å². The molecule has 0 saturated carbocycles. The van der Waals surface area contributed by atoms with E-state index in [1.807, 2.05) is 24.3 Å². The molecule has 8 heteroatoms. The van der Waals surface area contributed by atoms with Gasteiger partial charge in [-0.2, -0.15) is 12.6 Å². The van der Waals surface area contributed by atoms with Crippen LogP contribution in [0, 0.1) is 5.92 Å². The van der Waals surface area contributed by atoms with Crippen molar-refractivity contribution in [1.29, 1.82) is 0 Å². The largest absolute Gasteiger partial charge is 0.459 e. The third-order valence-corrected chi connectivity index (χ3v) is 6.24. The SMILES string of the molecule is CC(CS)C(=O)N1CCC[C@@]1(C(=O)OCc1ccc(CBr)cc1)C(=O)[C@H](C)N. The number of Topliss-reactive ketones (excluding diaryl/α,β-unsaturated/α-hetero) is 1. The Morgan fingerprint density at radius 3 is 2.39 bits per heavy atom. The number of likely N-dealkylation sites (tertiary alicyclic amines) is 1. The minimum Gasteiger partial charge on any atom is -0.459 e. The van der Waals surface area contributed by atoms with Gasteiger partial charge in [-0.1, -0.05) is 47.1 Å². The predicted molar refractivity (Wildman–Crippen MR) is 114 cm³/mol.